The molecule has 1 N–H and O–H groups in total. The maximum absolute atomic E-state index is 12.5. The summed E-state index contributed by atoms with van der Waals surface area (Å²) in [5.74, 6) is 0.0845. The highest BCUT2D eigenvalue weighted by Gasteiger charge is 2.49. The first-order chi connectivity index (χ1) is 10.4. The molecule has 0 aromatic carbocycles. The normalized spacial score (nSPS) is 27.5. The number of urea groups is 1. The standard InChI is InChI=1S/C16H27N3O3/c1-5-12-8-11(4)9-18(12)13(20)10-19-14(21)16(6-2,7-3)17-15(19)22/h11-12H,5-10H2,1-4H3,(H,17,22)/t11-,12+/m0/s1. The molecule has 2 aliphatic heterocycles. The van der Waals surface area contributed by atoms with Crippen LogP contribution in [-0.2, 0) is 9.59 Å². The molecule has 2 heterocycles. The molecule has 2 aliphatic rings. The van der Waals surface area contributed by atoms with Crippen LogP contribution in [0.3, 0.4) is 0 Å². The van der Waals surface area contributed by atoms with E-state index < -0.39 is 11.6 Å². The van der Waals surface area contributed by atoms with Crippen molar-refractivity contribution in [3.8, 4) is 0 Å². The monoisotopic (exact) mass is 309 g/mol. The Morgan fingerprint density at radius 3 is 2.41 bits per heavy atom. The molecule has 6 nitrogen and oxygen atoms in total. The van der Waals surface area contributed by atoms with Crippen molar-refractivity contribution >= 4 is 17.8 Å². The first-order valence-corrected chi connectivity index (χ1v) is 8.32. The van der Waals surface area contributed by atoms with Gasteiger partial charge in [-0.1, -0.05) is 27.7 Å². The van der Waals surface area contributed by atoms with Crippen molar-refractivity contribution in [3.63, 3.8) is 0 Å². The van der Waals surface area contributed by atoms with Gasteiger partial charge in [0.15, 0.2) is 0 Å². The Bertz CT molecular complexity index is 473. The van der Waals surface area contributed by atoms with Crippen LogP contribution in [0.15, 0.2) is 0 Å². The van der Waals surface area contributed by atoms with E-state index in [1.807, 2.05) is 18.7 Å². The van der Waals surface area contributed by atoms with E-state index >= 15 is 0 Å². The summed E-state index contributed by atoms with van der Waals surface area (Å²) in [5, 5.41) is 2.76. The molecule has 2 fully saturated rings. The minimum atomic E-state index is -0.834. The van der Waals surface area contributed by atoms with Crippen LogP contribution in [0.4, 0.5) is 4.79 Å². The van der Waals surface area contributed by atoms with Crippen molar-refractivity contribution in [1.82, 2.24) is 15.1 Å². The second-order valence-corrected chi connectivity index (χ2v) is 6.56. The van der Waals surface area contributed by atoms with E-state index in [9.17, 15) is 14.4 Å². The Labute approximate surface area is 132 Å². The van der Waals surface area contributed by atoms with Crippen LogP contribution in [0.25, 0.3) is 0 Å². The van der Waals surface area contributed by atoms with Crippen LogP contribution in [0, 0.1) is 5.92 Å². The van der Waals surface area contributed by atoms with Crippen molar-refractivity contribution in [3.05, 3.63) is 0 Å². The lowest BCUT2D eigenvalue weighted by Gasteiger charge is -2.26. The third-order valence-electron chi connectivity index (χ3n) is 5.16. The molecule has 6 heteroatoms. The van der Waals surface area contributed by atoms with Gasteiger partial charge in [-0.25, -0.2) is 4.79 Å². The number of nitrogens with one attached hydrogen (secondary N) is 1. The number of carbonyl (C=O) groups excluding carboxylic acids is 3. The summed E-state index contributed by atoms with van der Waals surface area (Å²) < 4.78 is 0. The van der Waals surface area contributed by atoms with Crippen molar-refractivity contribution in [1.29, 1.82) is 0 Å². The van der Waals surface area contributed by atoms with Crippen molar-refractivity contribution in [2.75, 3.05) is 13.1 Å². The average molecular weight is 309 g/mol. The second-order valence-electron chi connectivity index (χ2n) is 6.56. The molecule has 0 bridgehead atoms. The molecule has 0 unspecified atom stereocenters. The molecular weight excluding hydrogens is 282 g/mol. The third-order valence-corrected chi connectivity index (χ3v) is 5.16. The summed E-state index contributed by atoms with van der Waals surface area (Å²) in [4.78, 5) is 40.1. The van der Waals surface area contributed by atoms with Crippen molar-refractivity contribution < 1.29 is 14.4 Å². The molecule has 2 rings (SSSR count). The number of hydrogen-bond acceptors (Lipinski definition) is 3. The lowest BCUT2D eigenvalue weighted by molar-refractivity contribution is -0.139. The summed E-state index contributed by atoms with van der Waals surface area (Å²) >= 11 is 0. The number of amides is 4. The van der Waals surface area contributed by atoms with E-state index in [-0.39, 0.29) is 24.4 Å². The molecule has 22 heavy (non-hydrogen) atoms. The van der Waals surface area contributed by atoms with Crippen LogP contribution in [0.1, 0.15) is 53.4 Å². The number of imide groups is 1. The van der Waals surface area contributed by atoms with Crippen LogP contribution in [-0.4, -0.2) is 52.3 Å². The van der Waals surface area contributed by atoms with Gasteiger partial charge in [0.1, 0.15) is 12.1 Å². The van der Waals surface area contributed by atoms with E-state index in [1.165, 1.54) is 0 Å². The summed E-state index contributed by atoms with van der Waals surface area (Å²) in [6.45, 7) is 8.52. The molecule has 4 amide bonds. The highest BCUT2D eigenvalue weighted by atomic mass is 16.2. The maximum atomic E-state index is 12.5. The predicted octanol–water partition coefficient (Wildman–Crippen LogP) is 1.74. The minimum absolute atomic E-state index is 0.122. The van der Waals surface area contributed by atoms with Crippen LogP contribution in [0.5, 0.6) is 0 Å². The van der Waals surface area contributed by atoms with Gasteiger partial charge >= 0.3 is 6.03 Å². The van der Waals surface area contributed by atoms with Gasteiger partial charge in [-0.2, -0.15) is 0 Å². The zero-order valence-corrected chi connectivity index (χ0v) is 14.0. The Kier molecular flexibility index (Phi) is 4.78. The van der Waals surface area contributed by atoms with E-state index in [0.29, 0.717) is 25.3 Å². The van der Waals surface area contributed by atoms with Gasteiger partial charge in [0, 0.05) is 12.6 Å². The Morgan fingerprint density at radius 2 is 1.91 bits per heavy atom. The fourth-order valence-electron chi connectivity index (χ4n) is 3.62. The SMILES string of the molecule is CC[C@@H]1C[C@H](C)CN1C(=O)CN1C(=O)NC(CC)(CC)C1=O. The zero-order valence-electron chi connectivity index (χ0n) is 14.0. The van der Waals surface area contributed by atoms with Crippen molar-refractivity contribution in [2.45, 2.75) is 65.0 Å². The molecule has 0 radical (unpaired) electrons. The molecule has 2 saturated heterocycles. The number of likely N-dealkylation sites (tertiary alicyclic amines) is 1. The van der Waals surface area contributed by atoms with Gasteiger partial charge in [0.2, 0.25) is 5.91 Å². The topological polar surface area (TPSA) is 69.7 Å². The number of hydrogen-bond donors (Lipinski definition) is 1. The van der Waals surface area contributed by atoms with E-state index in [2.05, 4.69) is 19.2 Å². The molecular formula is C16H27N3O3. The molecule has 2 atom stereocenters. The number of carbonyl (C=O) groups is 3. The second kappa shape index (κ2) is 6.26. The third kappa shape index (κ3) is 2.71. The zero-order chi connectivity index (χ0) is 16.5. The Hall–Kier alpha value is -1.59. The summed E-state index contributed by atoms with van der Waals surface area (Å²) in [6.07, 6.45) is 2.98. The maximum Gasteiger partial charge on any atom is 0.325 e. The van der Waals surface area contributed by atoms with Gasteiger partial charge in [-0.3, -0.25) is 14.5 Å². The van der Waals surface area contributed by atoms with Crippen LogP contribution >= 0.6 is 0 Å². The first kappa shape index (κ1) is 16.8. The quantitative estimate of drug-likeness (QED) is 0.787. The van der Waals surface area contributed by atoms with Gasteiger partial charge < -0.3 is 10.2 Å². The Morgan fingerprint density at radius 1 is 1.27 bits per heavy atom. The van der Waals surface area contributed by atoms with Gasteiger partial charge in [-0.05, 0) is 31.6 Å². The lowest BCUT2D eigenvalue weighted by atomic mass is 9.93. The van der Waals surface area contributed by atoms with Crippen LogP contribution in [0.2, 0.25) is 0 Å². The van der Waals surface area contributed by atoms with E-state index in [1.54, 1.807) is 0 Å². The van der Waals surface area contributed by atoms with Crippen LogP contribution < -0.4 is 5.32 Å². The van der Waals surface area contributed by atoms with Gasteiger partial charge in [0.05, 0.1) is 0 Å². The Balaban J connectivity index is 2.09. The lowest BCUT2D eigenvalue weighted by Crippen LogP contribution is -2.47. The first-order valence-electron chi connectivity index (χ1n) is 8.32. The summed E-state index contributed by atoms with van der Waals surface area (Å²) in [6, 6.07) is -0.215. The highest BCUT2D eigenvalue weighted by Crippen LogP contribution is 2.27. The smallest absolute Gasteiger partial charge is 0.325 e. The van der Waals surface area contributed by atoms with Crippen molar-refractivity contribution in [2.24, 2.45) is 5.92 Å². The molecule has 0 spiro atoms. The molecule has 0 aromatic heterocycles. The van der Waals surface area contributed by atoms with E-state index in [4.69, 9.17) is 0 Å². The molecule has 0 aliphatic carbocycles. The van der Waals surface area contributed by atoms with E-state index in [0.717, 1.165) is 17.7 Å². The number of rotatable bonds is 5. The summed E-state index contributed by atoms with van der Waals surface area (Å²) in [5.41, 5.74) is -0.834. The minimum Gasteiger partial charge on any atom is -0.338 e. The summed E-state index contributed by atoms with van der Waals surface area (Å²) in [7, 11) is 0. The fraction of sp³-hybridized carbons (Fsp3) is 0.812. The average Bonchev–Trinajstić information content (AvgIpc) is 3.00. The molecule has 124 valence electrons. The fourth-order valence-corrected chi connectivity index (χ4v) is 3.62. The van der Waals surface area contributed by atoms with Gasteiger partial charge in [0.25, 0.3) is 5.91 Å². The largest absolute Gasteiger partial charge is 0.338 e. The van der Waals surface area contributed by atoms with Gasteiger partial charge in [-0.15, -0.1) is 0 Å². The molecule has 0 aromatic rings. The number of nitrogens with zero attached hydrogens (tertiary/aromatic N) is 2. The molecule has 0 saturated carbocycles. The highest BCUT2D eigenvalue weighted by molar-refractivity contribution is 6.09. The predicted molar refractivity (Wildman–Crippen MR) is 83.1 cm³/mol.